The molecule has 0 N–H and O–H groups in total. The predicted molar refractivity (Wildman–Crippen MR) is 82.1 cm³/mol. The Bertz CT molecular complexity index is 550. The molecule has 0 aliphatic carbocycles. The quantitative estimate of drug-likeness (QED) is 0.462. The highest BCUT2D eigenvalue weighted by Crippen LogP contribution is 2.28. The highest BCUT2D eigenvalue weighted by Gasteiger charge is 2.28. The van der Waals surface area contributed by atoms with Crippen molar-refractivity contribution in [3.63, 3.8) is 0 Å². The molecule has 0 bridgehead atoms. The van der Waals surface area contributed by atoms with Crippen LogP contribution in [0.3, 0.4) is 0 Å². The van der Waals surface area contributed by atoms with Crippen molar-refractivity contribution >= 4 is 27.5 Å². The van der Waals surface area contributed by atoms with Crippen LogP contribution in [-0.4, -0.2) is 41.3 Å². The summed E-state index contributed by atoms with van der Waals surface area (Å²) in [5, 5.41) is 11.7. The molecule has 21 heavy (non-hydrogen) atoms. The van der Waals surface area contributed by atoms with Gasteiger partial charge in [-0.1, -0.05) is 15.9 Å². The molecule has 1 aliphatic rings. The van der Waals surface area contributed by atoms with Gasteiger partial charge in [0.2, 0.25) is 0 Å². The van der Waals surface area contributed by atoms with E-state index in [1.807, 2.05) is 0 Å². The fourth-order valence-corrected chi connectivity index (χ4v) is 3.20. The van der Waals surface area contributed by atoms with Gasteiger partial charge in [-0.3, -0.25) is 14.9 Å². The largest absolute Gasteiger partial charge is 0.496 e. The Morgan fingerprint density at radius 3 is 2.95 bits per heavy atom. The second kappa shape index (κ2) is 6.89. The van der Waals surface area contributed by atoms with E-state index in [9.17, 15) is 14.9 Å². The Labute approximate surface area is 131 Å². The van der Waals surface area contributed by atoms with Crippen molar-refractivity contribution in [1.82, 2.24) is 4.90 Å². The molecule has 1 amide bonds. The minimum absolute atomic E-state index is 0.0815. The second-order valence-corrected chi connectivity index (χ2v) is 5.82. The monoisotopic (exact) mass is 356 g/mol. The van der Waals surface area contributed by atoms with Gasteiger partial charge in [-0.25, -0.2) is 0 Å². The number of amides is 1. The summed E-state index contributed by atoms with van der Waals surface area (Å²) in [7, 11) is 1.41. The minimum atomic E-state index is -0.501. The summed E-state index contributed by atoms with van der Waals surface area (Å²) in [5.41, 5.74) is 0.296. The molecule has 1 fully saturated rings. The van der Waals surface area contributed by atoms with Crippen molar-refractivity contribution in [3.8, 4) is 5.75 Å². The van der Waals surface area contributed by atoms with Gasteiger partial charge < -0.3 is 9.64 Å². The number of nitro groups is 1. The molecule has 2 rings (SSSR count). The Hall–Kier alpha value is -1.63. The first-order valence-corrected chi connectivity index (χ1v) is 7.86. The number of benzene rings is 1. The predicted octanol–water partition coefficient (Wildman–Crippen LogP) is 2.85. The number of carbonyl (C=O) groups excluding carboxylic acids is 1. The number of rotatable bonds is 5. The molecule has 0 spiro atoms. The average molecular weight is 357 g/mol. The molecule has 1 aromatic rings. The summed E-state index contributed by atoms with van der Waals surface area (Å²) in [4.78, 5) is 24.6. The SMILES string of the molecule is COc1cc([N+](=O)[O-])ccc1C(=O)N1CCC(CCBr)C1. The summed E-state index contributed by atoms with van der Waals surface area (Å²) in [6.45, 7) is 1.45. The van der Waals surface area contributed by atoms with Crippen LogP contribution in [0.15, 0.2) is 18.2 Å². The van der Waals surface area contributed by atoms with Crippen LogP contribution in [0.25, 0.3) is 0 Å². The van der Waals surface area contributed by atoms with Crippen LogP contribution in [0, 0.1) is 16.0 Å². The number of nitro benzene ring substituents is 1. The minimum Gasteiger partial charge on any atom is -0.496 e. The molecule has 114 valence electrons. The number of ether oxygens (including phenoxy) is 1. The van der Waals surface area contributed by atoms with E-state index in [1.165, 1.54) is 25.3 Å². The van der Waals surface area contributed by atoms with Gasteiger partial charge in [-0.15, -0.1) is 0 Å². The molecule has 0 radical (unpaired) electrons. The van der Waals surface area contributed by atoms with Crippen LogP contribution < -0.4 is 4.74 Å². The maximum absolute atomic E-state index is 12.5. The third kappa shape index (κ3) is 3.53. The summed E-state index contributed by atoms with van der Waals surface area (Å²) < 4.78 is 5.13. The van der Waals surface area contributed by atoms with Gasteiger partial charge in [0.1, 0.15) is 5.75 Å². The Balaban J connectivity index is 2.18. The van der Waals surface area contributed by atoms with Gasteiger partial charge in [0, 0.05) is 24.5 Å². The van der Waals surface area contributed by atoms with Crippen molar-refractivity contribution in [2.24, 2.45) is 5.92 Å². The number of likely N-dealkylation sites (tertiary alicyclic amines) is 1. The van der Waals surface area contributed by atoms with Gasteiger partial charge in [0.25, 0.3) is 11.6 Å². The summed E-state index contributed by atoms with van der Waals surface area (Å²) in [5.74, 6) is 0.634. The van der Waals surface area contributed by atoms with Gasteiger partial charge in [-0.2, -0.15) is 0 Å². The van der Waals surface area contributed by atoms with E-state index >= 15 is 0 Å². The van der Waals surface area contributed by atoms with Crippen molar-refractivity contribution in [2.45, 2.75) is 12.8 Å². The third-order valence-corrected chi connectivity index (χ3v) is 4.17. The molecule has 1 atom stereocenters. The second-order valence-electron chi connectivity index (χ2n) is 5.03. The lowest BCUT2D eigenvalue weighted by atomic mass is 10.1. The fraction of sp³-hybridized carbons (Fsp3) is 0.500. The van der Waals surface area contributed by atoms with Gasteiger partial charge in [-0.05, 0) is 24.8 Å². The van der Waals surface area contributed by atoms with Crippen molar-refractivity contribution in [2.75, 3.05) is 25.5 Å². The molecule has 1 unspecified atom stereocenters. The van der Waals surface area contributed by atoms with Crippen molar-refractivity contribution in [3.05, 3.63) is 33.9 Å². The number of hydrogen-bond acceptors (Lipinski definition) is 4. The lowest BCUT2D eigenvalue weighted by Gasteiger charge is -2.18. The standard InChI is InChI=1S/C14H17BrN2O4/c1-21-13-8-11(17(19)20)2-3-12(13)14(18)16-7-5-10(9-16)4-6-15/h2-3,8,10H,4-7,9H2,1H3. The number of carbonyl (C=O) groups is 1. The first-order valence-electron chi connectivity index (χ1n) is 6.74. The highest BCUT2D eigenvalue weighted by atomic mass is 79.9. The maximum Gasteiger partial charge on any atom is 0.273 e. The van der Waals surface area contributed by atoms with E-state index in [0.29, 0.717) is 11.5 Å². The van der Waals surface area contributed by atoms with Crippen molar-refractivity contribution in [1.29, 1.82) is 0 Å². The smallest absolute Gasteiger partial charge is 0.273 e. The average Bonchev–Trinajstić information content (AvgIpc) is 2.94. The molecule has 1 heterocycles. The van der Waals surface area contributed by atoms with E-state index < -0.39 is 4.92 Å². The zero-order valence-corrected chi connectivity index (χ0v) is 13.3. The summed E-state index contributed by atoms with van der Waals surface area (Å²) in [6.07, 6.45) is 2.04. The third-order valence-electron chi connectivity index (χ3n) is 3.72. The highest BCUT2D eigenvalue weighted by molar-refractivity contribution is 9.09. The number of alkyl halides is 1. The van der Waals surface area contributed by atoms with Crippen LogP contribution in [0.4, 0.5) is 5.69 Å². The number of methoxy groups -OCH3 is 1. The zero-order valence-electron chi connectivity index (χ0n) is 11.8. The molecular formula is C14H17BrN2O4. The molecule has 1 aliphatic heterocycles. The first-order chi connectivity index (χ1) is 10.1. The molecule has 1 aromatic carbocycles. The van der Waals surface area contributed by atoms with Crippen LogP contribution in [0.2, 0.25) is 0 Å². The van der Waals surface area contributed by atoms with E-state index in [0.717, 1.165) is 31.3 Å². The summed E-state index contributed by atoms with van der Waals surface area (Å²) in [6, 6.07) is 4.10. The fourth-order valence-electron chi connectivity index (χ4n) is 2.55. The summed E-state index contributed by atoms with van der Waals surface area (Å²) >= 11 is 3.42. The Morgan fingerprint density at radius 1 is 1.57 bits per heavy atom. The van der Waals surface area contributed by atoms with Gasteiger partial charge in [0.05, 0.1) is 23.7 Å². The number of hydrogen-bond donors (Lipinski definition) is 0. The molecule has 1 saturated heterocycles. The topological polar surface area (TPSA) is 72.7 Å². The molecule has 6 nitrogen and oxygen atoms in total. The lowest BCUT2D eigenvalue weighted by Crippen LogP contribution is -2.29. The Morgan fingerprint density at radius 2 is 2.33 bits per heavy atom. The number of halogens is 1. The van der Waals surface area contributed by atoms with Crippen LogP contribution in [-0.2, 0) is 0 Å². The molecule has 0 saturated carbocycles. The zero-order chi connectivity index (χ0) is 15.4. The van der Waals surface area contributed by atoms with Crippen LogP contribution in [0.5, 0.6) is 5.75 Å². The van der Waals surface area contributed by atoms with Crippen LogP contribution >= 0.6 is 15.9 Å². The van der Waals surface area contributed by atoms with Crippen LogP contribution in [0.1, 0.15) is 23.2 Å². The van der Waals surface area contributed by atoms with Crippen molar-refractivity contribution < 1.29 is 14.5 Å². The van der Waals surface area contributed by atoms with E-state index in [1.54, 1.807) is 4.90 Å². The number of nitrogens with zero attached hydrogens (tertiary/aromatic N) is 2. The first kappa shape index (κ1) is 15.8. The molecule has 0 aromatic heterocycles. The molecule has 7 heteroatoms. The van der Waals surface area contributed by atoms with E-state index in [4.69, 9.17) is 4.74 Å². The maximum atomic E-state index is 12.5. The van der Waals surface area contributed by atoms with E-state index in [2.05, 4.69) is 15.9 Å². The van der Waals surface area contributed by atoms with E-state index in [-0.39, 0.29) is 17.3 Å². The normalized spacial score (nSPS) is 17.8. The number of non-ortho nitro benzene ring substituents is 1. The van der Waals surface area contributed by atoms with Gasteiger partial charge in [0.15, 0.2) is 0 Å². The van der Waals surface area contributed by atoms with Gasteiger partial charge >= 0.3 is 0 Å². The Kier molecular flexibility index (Phi) is 5.17. The molecular weight excluding hydrogens is 340 g/mol. The lowest BCUT2D eigenvalue weighted by molar-refractivity contribution is -0.384.